The zero-order valence-corrected chi connectivity index (χ0v) is 19.7. The van der Waals surface area contributed by atoms with E-state index in [9.17, 15) is 22.8 Å². The summed E-state index contributed by atoms with van der Waals surface area (Å²) in [6.07, 6.45) is 4.00. The number of carbonyl (C=O) groups is 2. The van der Waals surface area contributed by atoms with E-state index in [2.05, 4.69) is 10.3 Å². The van der Waals surface area contributed by atoms with Crippen molar-refractivity contribution < 1.29 is 27.5 Å². The first-order chi connectivity index (χ1) is 16.2. The van der Waals surface area contributed by atoms with E-state index in [0.29, 0.717) is 36.9 Å². The SMILES string of the molecule is CCOC(=O)C1CCCC(NC2CCC(C(=O)N3CCc4ncc(C(F)(F)F)cc4C3)C2)CC1. The predicted molar refractivity (Wildman–Crippen MR) is 120 cm³/mol. The standard InChI is InChI=1S/C25H34F3N3O3/c1-2-34-24(33)16-4-3-5-20(8-6-16)30-21-9-7-17(13-21)23(32)31-11-10-22-18(15-31)12-19(14-29-22)25(26,27)28/h12,14,16-17,20-21,30H,2-11,13,15H2,1H3. The molecule has 1 aromatic rings. The normalized spacial score (nSPS) is 27.7. The molecule has 4 atom stereocenters. The molecule has 1 N–H and O–H groups in total. The molecule has 1 aromatic heterocycles. The lowest BCUT2D eigenvalue weighted by atomic mass is 9.99. The van der Waals surface area contributed by atoms with Crippen molar-refractivity contribution in [2.24, 2.45) is 11.8 Å². The summed E-state index contributed by atoms with van der Waals surface area (Å²) in [7, 11) is 0. The van der Waals surface area contributed by atoms with E-state index in [0.717, 1.165) is 63.6 Å². The van der Waals surface area contributed by atoms with Gasteiger partial charge in [0.05, 0.1) is 18.1 Å². The Bertz CT molecular complexity index is 892. The summed E-state index contributed by atoms with van der Waals surface area (Å²) >= 11 is 0. The lowest BCUT2D eigenvalue weighted by Gasteiger charge is -2.31. The van der Waals surface area contributed by atoms with Crippen molar-refractivity contribution in [3.05, 3.63) is 29.1 Å². The van der Waals surface area contributed by atoms with E-state index in [1.807, 2.05) is 6.92 Å². The number of amides is 1. The van der Waals surface area contributed by atoms with Gasteiger partial charge in [0.2, 0.25) is 5.91 Å². The minimum absolute atomic E-state index is 0.0148. The molecule has 188 valence electrons. The average Bonchev–Trinajstić information content (AvgIpc) is 3.14. The number of carbonyl (C=O) groups excluding carboxylic acids is 2. The van der Waals surface area contributed by atoms with Crippen molar-refractivity contribution in [1.82, 2.24) is 15.2 Å². The van der Waals surface area contributed by atoms with E-state index in [1.165, 1.54) is 0 Å². The number of hydrogen-bond acceptors (Lipinski definition) is 5. The van der Waals surface area contributed by atoms with Gasteiger partial charge in [0.25, 0.3) is 0 Å². The van der Waals surface area contributed by atoms with E-state index >= 15 is 0 Å². The summed E-state index contributed by atoms with van der Waals surface area (Å²) in [6.45, 7) is 2.93. The van der Waals surface area contributed by atoms with Crippen LogP contribution in [0.4, 0.5) is 13.2 Å². The van der Waals surface area contributed by atoms with Crippen LogP contribution in [0.25, 0.3) is 0 Å². The third kappa shape index (κ3) is 5.90. The van der Waals surface area contributed by atoms with Crippen molar-refractivity contribution >= 4 is 11.9 Å². The second-order valence-corrected chi connectivity index (χ2v) is 9.87. The molecule has 0 spiro atoms. The van der Waals surface area contributed by atoms with Gasteiger partial charge in [-0.25, -0.2) is 0 Å². The molecule has 0 bridgehead atoms. The zero-order chi connectivity index (χ0) is 24.3. The predicted octanol–water partition coefficient (Wildman–Crippen LogP) is 4.26. The van der Waals surface area contributed by atoms with Gasteiger partial charge in [-0.15, -0.1) is 0 Å². The lowest BCUT2D eigenvalue weighted by Crippen LogP contribution is -2.41. The number of pyridine rings is 1. The highest BCUT2D eigenvalue weighted by atomic mass is 19.4. The zero-order valence-electron chi connectivity index (χ0n) is 19.7. The first kappa shape index (κ1) is 24.9. The molecule has 0 saturated heterocycles. The minimum atomic E-state index is -4.44. The maximum atomic E-state index is 13.2. The van der Waals surface area contributed by atoms with Crippen molar-refractivity contribution in [3.63, 3.8) is 0 Å². The largest absolute Gasteiger partial charge is 0.466 e. The number of halogens is 3. The maximum absolute atomic E-state index is 13.2. The van der Waals surface area contributed by atoms with E-state index in [4.69, 9.17) is 4.74 Å². The van der Waals surface area contributed by atoms with Gasteiger partial charge in [-0.1, -0.05) is 6.42 Å². The first-order valence-corrected chi connectivity index (χ1v) is 12.5. The van der Waals surface area contributed by atoms with Crippen molar-refractivity contribution in [2.75, 3.05) is 13.2 Å². The summed E-state index contributed by atoms with van der Waals surface area (Å²) in [4.78, 5) is 30.9. The number of fused-ring (bicyclic) bond motifs is 1. The molecule has 4 unspecified atom stereocenters. The third-order valence-electron chi connectivity index (χ3n) is 7.52. The molecule has 1 aliphatic heterocycles. The molecule has 4 rings (SSSR count). The molecule has 9 heteroatoms. The molecule has 1 amide bonds. The van der Waals surface area contributed by atoms with Crippen LogP contribution < -0.4 is 5.32 Å². The fraction of sp³-hybridized carbons (Fsp3) is 0.720. The quantitative estimate of drug-likeness (QED) is 0.503. The Kier molecular flexibility index (Phi) is 7.80. The summed E-state index contributed by atoms with van der Waals surface area (Å²) in [5.74, 6) is -0.166. The van der Waals surface area contributed by atoms with Gasteiger partial charge in [0.15, 0.2) is 0 Å². The minimum Gasteiger partial charge on any atom is -0.466 e. The molecule has 0 aromatic carbocycles. The molecule has 3 aliphatic rings. The molecular formula is C25H34F3N3O3. The summed E-state index contributed by atoms with van der Waals surface area (Å²) in [5, 5.41) is 3.72. The highest BCUT2D eigenvalue weighted by molar-refractivity contribution is 5.79. The Morgan fingerprint density at radius 1 is 1.12 bits per heavy atom. The molecule has 0 radical (unpaired) electrons. The number of alkyl halides is 3. The number of rotatable bonds is 5. The smallest absolute Gasteiger partial charge is 0.417 e. The van der Waals surface area contributed by atoms with Crippen LogP contribution in [0.2, 0.25) is 0 Å². The number of nitrogens with one attached hydrogen (secondary N) is 1. The number of esters is 1. The average molecular weight is 482 g/mol. The van der Waals surface area contributed by atoms with Gasteiger partial charge in [0.1, 0.15) is 0 Å². The Hall–Kier alpha value is -2.16. The van der Waals surface area contributed by atoms with Gasteiger partial charge >= 0.3 is 12.1 Å². The number of aromatic nitrogens is 1. The van der Waals surface area contributed by atoms with Gasteiger partial charge in [-0.3, -0.25) is 14.6 Å². The molecule has 2 heterocycles. The molecule has 2 aliphatic carbocycles. The highest BCUT2D eigenvalue weighted by Crippen LogP contribution is 2.33. The number of ether oxygens (including phenoxy) is 1. The van der Waals surface area contributed by atoms with E-state index < -0.39 is 11.7 Å². The molecule has 34 heavy (non-hydrogen) atoms. The maximum Gasteiger partial charge on any atom is 0.417 e. The van der Waals surface area contributed by atoms with Crippen LogP contribution in [0.5, 0.6) is 0 Å². The van der Waals surface area contributed by atoms with Gasteiger partial charge in [-0.05, 0) is 63.5 Å². The first-order valence-electron chi connectivity index (χ1n) is 12.5. The monoisotopic (exact) mass is 481 g/mol. The highest BCUT2D eigenvalue weighted by Gasteiger charge is 2.37. The summed E-state index contributed by atoms with van der Waals surface area (Å²) in [6, 6.07) is 1.73. The lowest BCUT2D eigenvalue weighted by molar-refractivity contribution is -0.148. The van der Waals surface area contributed by atoms with Crippen molar-refractivity contribution in [1.29, 1.82) is 0 Å². The van der Waals surface area contributed by atoms with Crippen LogP contribution in [0, 0.1) is 11.8 Å². The molecular weight excluding hydrogens is 447 g/mol. The topological polar surface area (TPSA) is 71.5 Å². The van der Waals surface area contributed by atoms with Crippen LogP contribution >= 0.6 is 0 Å². The third-order valence-corrected chi connectivity index (χ3v) is 7.52. The Morgan fingerprint density at radius 2 is 1.88 bits per heavy atom. The van der Waals surface area contributed by atoms with Crippen LogP contribution in [-0.4, -0.2) is 47.0 Å². The molecule has 6 nitrogen and oxygen atoms in total. The Morgan fingerprint density at radius 3 is 2.65 bits per heavy atom. The van der Waals surface area contributed by atoms with Crippen LogP contribution in [0.1, 0.15) is 75.1 Å². The molecule has 2 fully saturated rings. The van der Waals surface area contributed by atoms with Crippen molar-refractivity contribution in [3.8, 4) is 0 Å². The van der Waals surface area contributed by atoms with Gasteiger partial charge in [0, 0.05) is 49.4 Å². The van der Waals surface area contributed by atoms with Crippen LogP contribution in [0.15, 0.2) is 12.3 Å². The summed E-state index contributed by atoms with van der Waals surface area (Å²) in [5.41, 5.74) is 0.383. The fourth-order valence-corrected chi connectivity index (χ4v) is 5.68. The van der Waals surface area contributed by atoms with Crippen LogP contribution in [-0.2, 0) is 33.5 Å². The second kappa shape index (κ2) is 10.6. The van der Waals surface area contributed by atoms with Gasteiger partial charge < -0.3 is 15.0 Å². The number of hydrogen-bond donors (Lipinski definition) is 1. The number of nitrogens with zero attached hydrogens (tertiary/aromatic N) is 2. The Balaban J connectivity index is 1.28. The van der Waals surface area contributed by atoms with E-state index in [-0.39, 0.29) is 36.3 Å². The Labute approximate surface area is 198 Å². The van der Waals surface area contributed by atoms with E-state index in [1.54, 1.807) is 4.90 Å². The second-order valence-electron chi connectivity index (χ2n) is 9.87. The van der Waals surface area contributed by atoms with Crippen molar-refractivity contribution in [2.45, 2.75) is 89.5 Å². The fourth-order valence-electron chi connectivity index (χ4n) is 5.68. The van der Waals surface area contributed by atoms with Gasteiger partial charge in [-0.2, -0.15) is 13.2 Å². The molecule has 2 saturated carbocycles. The summed E-state index contributed by atoms with van der Waals surface area (Å²) < 4.78 is 44.4. The van der Waals surface area contributed by atoms with Crippen LogP contribution in [0.3, 0.4) is 0 Å².